The largest absolute Gasteiger partial charge is 0.361 e. The third-order valence-corrected chi connectivity index (χ3v) is 2.74. The maximum absolute atomic E-state index is 8.73. The fourth-order valence-electron chi connectivity index (χ4n) is 1.52. The maximum Gasteiger partial charge on any atom is 0.145 e. The lowest BCUT2D eigenvalue weighted by molar-refractivity contribution is 0.832. The van der Waals surface area contributed by atoms with Crippen LogP contribution in [-0.4, -0.2) is 9.97 Å². The number of aromatic nitrogens is 2. The van der Waals surface area contributed by atoms with Crippen LogP contribution in [0.15, 0.2) is 36.7 Å². The molecule has 4 nitrogen and oxygen atoms in total. The van der Waals surface area contributed by atoms with Crippen molar-refractivity contribution in [2.24, 2.45) is 0 Å². The molecule has 0 saturated heterocycles. The van der Waals surface area contributed by atoms with E-state index in [-0.39, 0.29) is 6.04 Å². The van der Waals surface area contributed by atoms with E-state index in [0.29, 0.717) is 16.4 Å². The van der Waals surface area contributed by atoms with Crippen LogP contribution in [0.25, 0.3) is 0 Å². The third kappa shape index (κ3) is 2.76. The molecular formula is C13H11ClN4. The maximum atomic E-state index is 8.73. The van der Waals surface area contributed by atoms with Crippen molar-refractivity contribution in [1.29, 1.82) is 5.26 Å². The molecule has 2 heterocycles. The summed E-state index contributed by atoms with van der Waals surface area (Å²) in [4.78, 5) is 8.37. The Morgan fingerprint density at radius 2 is 2.22 bits per heavy atom. The van der Waals surface area contributed by atoms with Crippen molar-refractivity contribution in [2.45, 2.75) is 13.0 Å². The molecule has 0 aliphatic heterocycles. The van der Waals surface area contributed by atoms with Gasteiger partial charge in [0.15, 0.2) is 0 Å². The fourth-order valence-corrected chi connectivity index (χ4v) is 1.74. The number of nitrogens with zero attached hydrogens (tertiary/aromatic N) is 3. The van der Waals surface area contributed by atoms with Crippen LogP contribution in [0.3, 0.4) is 0 Å². The van der Waals surface area contributed by atoms with E-state index in [1.165, 1.54) is 6.20 Å². The average Bonchev–Trinajstić information content (AvgIpc) is 2.42. The minimum Gasteiger partial charge on any atom is -0.361 e. The molecule has 90 valence electrons. The number of anilines is 1. The van der Waals surface area contributed by atoms with Crippen molar-refractivity contribution in [1.82, 2.24) is 9.97 Å². The van der Waals surface area contributed by atoms with E-state index in [0.717, 1.165) is 5.69 Å². The highest BCUT2D eigenvalue weighted by Crippen LogP contribution is 2.23. The summed E-state index contributed by atoms with van der Waals surface area (Å²) in [6, 6.07) is 9.28. The Morgan fingerprint density at radius 3 is 2.83 bits per heavy atom. The molecule has 0 aromatic carbocycles. The number of pyridine rings is 2. The predicted molar refractivity (Wildman–Crippen MR) is 70.2 cm³/mol. The first-order valence-electron chi connectivity index (χ1n) is 5.44. The van der Waals surface area contributed by atoms with Crippen LogP contribution in [-0.2, 0) is 0 Å². The monoisotopic (exact) mass is 258 g/mol. The summed E-state index contributed by atoms with van der Waals surface area (Å²) in [6.07, 6.45) is 3.22. The minimum atomic E-state index is -0.0101. The van der Waals surface area contributed by atoms with Crippen LogP contribution in [0.1, 0.15) is 24.2 Å². The van der Waals surface area contributed by atoms with Crippen molar-refractivity contribution in [3.63, 3.8) is 0 Å². The number of nitrogens with one attached hydrogen (secondary N) is 1. The van der Waals surface area contributed by atoms with Crippen LogP contribution in [0, 0.1) is 11.3 Å². The van der Waals surface area contributed by atoms with Crippen LogP contribution in [0.5, 0.6) is 0 Å². The Morgan fingerprint density at radius 1 is 1.39 bits per heavy atom. The van der Waals surface area contributed by atoms with Gasteiger partial charge in [-0.2, -0.15) is 5.26 Å². The van der Waals surface area contributed by atoms with Gasteiger partial charge in [-0.25, -0.2) is 4.98 Å². The Kier molecular flexibility index (Phi) is 3.75. The van der Waals surface area contributed by atoms with Gasteiger partial charge in [0.2, 0.25) is 0 Å². The normalized spacial score (nSPS) is 11.6. The fraction of sp³-hybridized carbons (Fsp3) is 0.154. The molecule has 0 radical (unpaired) electrons. The van der Waals surface area contributed by atoms with E-state index in [9.17, 15) is 0 Å². The quantitative estimate of drug-likeness (QED) is 0.919. The summed E-state index contributed by atoms with van der Waals surface area (Å²) < 4.78 is 0. The molecule has 2 aromatic heterocycles. The molecule has 0 aliphatic rings. The lowest BCUT2D eigenvalue weighted by Crippen LogP contribution is -2.09. The van der Waals surface area contributed by atoms with E-state index in [2.05, 4.69) is 15.3 Å². The van der Waals surface area contributed by atoms with Gasteiger partial charge in [-0.05, 0) is 25.1 Å². The van der Waals surface area contributed by atoms with Crippen LogP contribution >= 0.6 is 11.6 Å². The minimum absolute atomic E-state index is 0.0101. The van der Waals surface area contributed by atoms with E-state index in [4.69, 9.17) is 16.9 Å². The van der Waals surface area contributed by atoms with Crippen LogP contribution in [0.2, 0.25) is 5.02 Å². The van der Waals surface area contributed by atoms with Crippen molar-refractivity contribution in [3.8, 4) is 6.07 Å². The van der Waals surface area contributed by atoms with E-state index < -0.39 is 0 Å². The molecule has 0 saturated carbocycles. The zero-order valence-corrected chi connectivity index (χ0v) is 10.5. The molecule has 0 aliphatic carbocycles. The first kappa shape index (κ1) is 12.3. The molecule has 1 unspecified atom stereocenters. The number of hydrogen-bond acceptors (Lipinski definition) is 4. The summed E-state index contributed by atoms with van der Waals surface area (Å²) in [6.45, 7) is 1.97. The Balaban J connectivity index is 2.18. The first-order chi connectivity index (χ1) is 8.70. The molecule has 0 fully saturated rings. The Bertz CT molecular complexity index is 577. The molecule has 2 aromatic rings. The van der Waals surface area contributed by atoms with Crippen molar-refractivity contribution >= 4 is 17.4 Å². The second kappa shape index (κ2) is 5.48. The molecular weight excluding hydrogens is 248 g/mol. The lowest BCUT2D eigenvalue weighted by atomic mass is 10.2. The van der Waals surface area contributed by atoms with Crippen molar-refractivity contribution < 1.29 is 0 Å². The zero-order chi connectivity index (χ0) is 13.0. The summed E-state index contributed by atoms with van der Waals surface area (Å²) in [5, 5.41) is 12.3. The summed E-state index contributed by atoms with van der Waals surface area (Å²) in [5.74, 6) is 0.550. The topological polar surface area (TPSA) is 61.6 Å². The molecule has 0 bridgehead atoms. The highest BCUT2D eigenvalue weighted by molar-refractivity contribution is 6.33. The average molecular weight is 259 g/mol. The summed E-state index contributed by atoms with van der Waals surface area (Å²) in [7, 11) is 0. The van der Waals surface area contributed by atoms with Gasteiger partial charge in [0.1, 0.15) is 11.9 Å². The van der Waals surface area contributed by atoms with Gasteiger partial charge in [-0.15, -0.1) is 0 Å². The smallest absolute Gasteiger partial charge is 0.145 e. The molecule has 5 heteroatoms. The number of halogens is 1. The molecule has 2 rings (SSSR count). The summed E-state index contributed by atoms with van der Waals surface area (Å²) >= 11 is 6.04. The van der Waals surface area contributed by atoms with Gasteiger partial charge in [0, 0.05) is 12.4 Å². The molecule has 0 spiro atoms. The Hall–Kier alpha value is -2.12. The first-order valence-corrected chi connectivity index (χ1v) is 5.81. The van der Waals surface area contributed by atoms with E-state index >= 15 is 0 Å². The highest BCUT2D eigenvalue weighted by atomic mass is 35.5. The zero-order valence-electron chi connectivity index (χ0n) is 9.76. The van der Waals surface area contributed by atoms with Gasteiger partial charge in [-0.3, -0.25) is 4.98 Å². The SMILES string of the molecule is CC(Nc1ncc(C#N)cc1Cl)c1ccccn1. The van der Waals surface area contributed by atoms with E-state index in [1.807, 2.05) is 31.2 Å². The van der Waals surface area contributed by atoms with Gasteiger partial charge < -0.3 is 5.32 Å². The van der Waals surface area contributed by atoms with Crippen molar-refractivity contribution in [2.75, 3.05) is 5.32 Å². The van der Waals surface area contributed by atoms with Crippen LogP contribution < -0.4 is 5.32 Å². The van der Waals surface area contributed by atoms with Gasteiger partial charge in [0.05, 0.1) is 22.3 Å². The number of rotatable bonds is 3. The molecule has 18 heavy (non-hydrogen) atoms. The number of nitriles is 1. The second-order valence-electron chi connectivity index (χ2n) is 3.79. The predicted octanol–water partition coefficient (Wildman–Crippen LogP) is 3.17. The van der Waals surface area contributed by atoms with Crippen LogP contribution in [0.4, 0.5) is 5.82 Å². The summed E-state index contributed by atoms with van der Waals surface area (Å²) in [5.41, 5.74) is 1.34. The van der Waals surface area contributed by atoms with E-state index in [1.54, 1.807) is 12.3 Å². The lowest BCUT2D eigenvalue weighted by Gasteiger charge is -2.14. The van der Waals surface area contributed by atoms with Gasteiger partial charge >= 0.3 is 0 Å². The molecule has 1 atom stereocenters. The standard InChI is InChI=1S/C13H11ClN4/c1-9(12-4-2-3-5-16-12)18-13-11(14)6-10(7-15)8-17-13/h2-6,8-9H,1H3,(H,17,18). The number of hydrogen-bond donors (Lipinski definition) is 1. The van der Waals surface area contributed by atoms with Gasteiger partial charge in [0.25, 0.3) is 0 Å². The molecule has 1 N–H and O–H groups in total. The molecule has 0 amide bonds. The highest BCUT2D eigenvalue weighted by Gasteiger charge is 2.09. The second-order valence-corrected chi connectivity index (χ2v) is 4.19. The Labute approximate surface area is 110 Å². The van der Waals surface area contributed by atoms with Crippen molar-refractivity contribution in [3.05, 3.63) is 52.9 Å². The van der Waals surface area contributed by atoms with Gasteiger partial charge in [-0.1, -0.05) is 17.7 Å². The third-order valence-electron chi connectivity index (χ3n) is 2.45.